The molecule has 25 heavy (non-hydrogen) atoms. The van der Waals surface area contributed by atoms with Crippen molar-refractivity contribution >= 4 is 34.8 Å². The van der Waals surface area contributed by atoms with E-state index >= 15 is 0 Å². The molecule has 6 heteroatoms. The van der Waals surface area contributed by atoms with Crippen LogP contribution in [0.4, 0.5) is 11.4 Å². The van der Waals surface area contributed by atoms with Gasteiger partial charge in [-0.2, -0.15) is 0 Å². The van der Waals surface area contributed by atoms with Gasteiger partial charge in [0.25, 0.3) is 11.8 Å². The summed E-state index contributed by atoms with van der Waals surface area (Å²) in [5.41, 5.74) is 2.56. The smallest absolute Gasteiger partial charge is 0.282 e. The van der Waals surface area contributed by atoms with Gasteiger partial charge in [0.1, 0.15) is 0 Å². The second-order valence-corrected chi connectivity index (χ2v) is 6.59. The second kappa shape index (κ2) is 8.65. The number of quaternary nitrogens is 1. The van der Waals surface area contributed by atoms with E-state index in [0.717, 1.165) is 16.2 Å². The van der Waals surface area contributed by atoms with Gasteiger partial charge in [-0.15, -0.1) is 0 Å². The second-order valence-electron chi connectivity index (χ2n) is 6.16. The molecule has 0 aromatic heterocycles. The van der Waals surface area contributed by atoms with Crippen LogP contribution in [-0.4, -0.2) is 31.4 Å². The zero-order valence-electron chi connectivity index (χ0n) is 14.6. The van der Waals surface area contributed by atoms with Crippen LogP contribution in [-0.2, 0) is 9.59 Å². The Labute approximate surface area is 153 Å². The zero-order chi connectivity index (χ0) is 18.4. The lowest BCUT2D eigenvalue weighted by molar-refractivity contribution is -0.885. The molecule has 0 saturated carbocycles. The van der Waals surface area contributed by atoms with Crippen molar-refractivity contribution in [3.05, 3.63) is 59.1 Å². The van der Waals surface area contributed by atoms with E-state index in [-0.39, 0.29) is 24.4 Å². The van der Waals surface area contributed by atoms with Gasteiger partial charge >= 0.3 is 0 Å². The lowest BCUT2D eigenvalue weighted by Crippen LogP contribution is -3.14. The minimum absolute atomic E-state index is 0.132. The number of aryl methyl sites for hydroxylation is 1. The number of anilines is 2. The van der Waals surface area contributed by atoms with Gasteiger partial charge in [-0.1, -0.05) is 29.3 Å². The minimum atomic E-state index is -0.376. The van der Waals surface area contributed by atoms with Crippen LogP contribution in [0.2, 0.25) is 5.02 Å². The van der Waals surface area contributed by atoms with Crippen molar-refractivity contribution in [3.8, 4) is 0 Å². The van der Waals surface area contributed by atoms with E-state index in [1.807, 2.05) is 38.2 Å². The number of hydrogen-bond donors (Lipinski definition) is 3. The summed E-state index contributed by atoms with van der Waals surface area (Å²) in [6, 6.07) is 14.1. The standard InChI is InChI=1S/C19H22ClN3O2/c1-13-4-8-16(9-5-13)21-18(24)12-23(3)14(2)19(25)22-17-10-6-15(20)7-11-17/h4-11,14H,12H2,1-3H3,(H,21,24)(H,22,25)/p+1/t14-/m1/s1. The van der Waals surface area contributed by atoms with Gasteiger partial charge in [-0.25, -0.2) is 0 Å². The van der Waals surface area contributed by atoms with E-state index in [0.29, 0.717) is 10.7 Å². The largest absolute Gasteiger partial charge is 0.321 e. The summed E-state index contributed by atoms with van der Waals surface area (Å²) in [7, 11) is 1.82. The molecule has 0 bridgehead atoms. The normalized spacial score (nSPS) is 13.0. The molecule has 2 aromatic rings. The quantitative estimate of drug-likeness (QED) is 0.739. The topological polar surface area (TPSA) is 62.6 Å². The average molecular weight is 361 g/mol. The van der Waals surface area contributed by atoms with Crippen LogP contribution in [0.15, 0.2) is 48.5 Å². The van der Waals surface area contributed by atoms with Crippen molar-refractivity contribution in [2.45, 2.75) is 19.9 Å². The van der Waals surface area contributed by atoms with Crippen molar-refractivity contribution < 1.29 is 14.5 Å². The lowest BCUT2D eigenvalue weighted by atomic mass is 10.2. The van der Waals surface area contributed by atoms with Gasteiger partial charge in [-0.3, -0.25) is 9.59 Å². The fraction of sp³-hybridized carbons (Fsp3) is 0.263. The molecule has 2 rings (SSSR count). The molecular weight excluding hydrogens is 338 g/mol. The molecule has 0 fully saturated rings. The van der Waals surface area contributed by atoms with Crippen LogP contribution >= 0.6 is 11.6 Å². The van der Waals surface area contributed by atoms with Crippen LogP contribution in [0.3, 0.4) is 0 Å². The Morgan fingerprint density at radius 3 is 2.12 bits per heavy atom. The molecule has 0 aliphatic rings. The number of carbonyl (C=O) groups excluding carboxylic acids is 2. The first-order valence-electron chi connectivity index (χ1n) is 8.10. The van der Waals surface area contributed by atoms with Gasteiger partial charge in [0.05, 0.1) is 7.05 Å². The first-order valence-corrected chi connectivity index (χ1v) is 8.48. The average Bonchev–Trinajstić information content (AvgIpc) is 2.58. The first-order chi connectivity index (χ1) is 11.8. The Morgan fingerprint density at radius 2 is 1.52 bits per heavy atom. The molecule has 2 amide bonds. The number of hydrogen-bond acceptors (Lipinski definition) is 2. The summed E-state index contributed by atoms with van der Waals surface area (Å²) >= 11 is 5.83. The molecule has 1 unspecified atom stereocenters. The van der Waals surface area contributed by atoms with Gasteiger partial charge < -0.3 is 15.5 Å². The molecular formula is C19H23ClN3O2+. The number of carbonyl (C=O) groups is 2. The maximum absolute atomic E-state index is 12.3. The molecule has 0 saturated heterocycles. The number of halogens is 1. The van der Waals surface area contributed by atoms with Gasteiger partial charge in [-0.05, 0) is 50.2 Å². The molecule has 2 aromatic carbocycles. The van der Waals surface area contributed by atoms with E-state index in [9.17, 15) is 9.59 Å². The minimum Gasteiger partial charge on any atom is -0.321 e. The van der Waals surface area contributed by atoms with E-state index in [4.69, 9.17) is 11.6 Å². The molecule has 0 aliphatic heterocycles. The SMILES string of the molecule is Cc1ccc(NC(=O)C[NH+](C)[C@H](C)C(=O)Nc2ccc(Cl)cc2)cc1. The number of rotatable bonds is 6. The van der Waals surface area contributed by atoms with Gasteiger partial charge in [0, 0.05) is 16.4 Å². The molecule has 0 radical (unpaired) electrons. The van der Waals surface area contributed by atoms with E-state index in [1.165, 1.54) is 0 Å². The predicted molar refractivity (Wildman–Crippen MR) is 101 cm³/mol. The van der Waals surface area contributed by atoms with Crippen molar-refractivity contribution in [1.82, 2.24) is 0 Å². The van der Waals surface area contributed by atoms with E-state index in [2.05, 4.69) is 10.6 Å². The Balaban J connectivity index is 1.86. The zero-order valence-corrected chi connectivity index (χ0v) is 15.4. The summed E-state index contributed by atoms with van der Waals surface area (Å²) in [5.74, 6) is -0.282. The highest BCUT2D eigenvalue weighted by Crippen LogP contribution is 2.13. The van der Waals surface area contributed by atoms with Crippen molar-refractivity contribution in [2.75, 3.05) is 24.2 Å². The van der Waals surface area contributed by atoms with Crippen LogP contribution in [0, 0.1) is 6.92 Å². The van der Waals surface area contributed by atoms with Crippen molar-refractivity contribution in [3.63, 3.8) is 0 Å². The number of amides is 2. The molecule has 0 spiro atoms. The van der Waals surface area contributed by atoms with Crippen molar-refractivity contribution in [1.29, 1.82) is 0 Å². The van der Waals surface area contributed by atoms with Gasteiger partial charge in [0.2, 0.25) is 0 Å². The van der Waals surface area contributed by atoms with Crippen LogP contribution in [0.25, 0.3) is 0 Å². The first kappa shape index (κ1) is 19.0. The fourth-order valence-electron chi connectivity index (χ4n) is 2.26. The monoisotopic (exact) mass is 360 g/mol. The lowest BCUT2D eigenvalue weighted by Gasteiger charge is -2.20. The summed E-state index contributed by atoms with van der Waals surface area (Å²) in [6.07, 6.45) is 0. The summed E-state index contributed by atoms with van der Waals surface area (Å²) in [4.78, 5) is 25.3. The highest BCUT2D eigenvalue weighted by atomic mass is 35.5. The third-order valence-electron chi connectivity index (χ3n) is 4.02. The van der Waals surface area contributed by atoms with Crippen LogP contribution in [0.1, 0.15) is 12.5 Å². The van der Waals surface area contributed by atoms with Crippen LogP contribution < -0.4 is 15.5 Å². The summed E-state index contributed by atoms with van der Waals surface area (Å²) < 4.78 is 0. The van der Waals surface area contributed by atoms with Crippen LogP contribution in [0.5, 0.6) is 0 Å². The highest BCUT2D eigenvalue weighted by molar-refractivity contribution is 6.30. The molecule has 3 N–H and O–H groups in total. The maximum Gasteiger partial charge on any atom is 0.282 e. The molecule has 2 atom stereocenters. The van der Waals surface area contributed by atoms with E-state index < -0.39 is 0 Å². The molecule has 0 aliphatic carbocycles. The third kappa shape index (κ3) is 5.89. The highest BCUT2D eigenvalue weighted by Gasteiger charge is 2.24. The Hall–Kier alpha value is -2.37. The Kier molecular flexibility index (Phi) is 6.56. The fourth-order valence-corrected chi connectivity index (χ4v) is 2.38. The third-order valence-corrected chi connectivity index (χ3v) is 4.27. The Morgan fingerprint density at radius 1 is 1.00 bits per heavy atom. The number of nitrogens with one attached hydrogen (secondary N) is 3. The molecule has 132 valence electrons. The predicted octanol–water partition coefficient (Wildman–Crippen LogP) is 2.13. The number of benzene rings is 2. The molecule has 0 heterocycles. The van der Waals surface area contributed by atoms with Gasteiger partial charge in [0.15, 0.2) is 12.6 Å². The van der Waals surface area contributed by atoms with Crippen molar-refractivity contribution in [2.24, 2.45) is 0 Å². The number of likely N-dealkylation sites (N-methyl/N-ethyl adjacent to an activating group) is 1. The molecule has 5 nitrogen and oxygen atoms in total. The summed E-state index contributed by atoms with van der Waals surface area (Å²) in [5, 5.41) is 6.29. The maximum atomic E-state index is 12.3. The Bertz CT molecular complexity index is 729. The summed E-state index contributed by atoms with van der Waals surface area (Å²) in [6.45, 7) is 3.98. The van der Waals surface area contributed by atoms with E-state index in [1.54, 1.807) is 31.2 Å².